The van der Waals surface area contributed by atoms with Crippen molar-refractivity contribution in [2.75, 3.05) is 18.9 Å². The molecule has 6 heteroatoms. The Labute approximate surface area is 130 Å². The van der Waals surface area contributed by atoms with Crippen molar-refractivity contribution in [1.29, 1.82) is 0 Å². The maximum Gasteiger partial charge on any atom is 0.163 e. The van der Waals surface area contributed by atoms with Crippen molar-refractivity contribution >= 4 is 28.1 Å². The molecule has 1 heterocycles. The lowest BCUT2D eigenvalue weighted by molar-refractivity contribution is 0.171. The van der Waals surface area contributed by atoms with Crippen molar-refractivity contribution in [2.24, 2.45) is 0 Å². The Morgan fingerprint density at radius 3 is 2.57 bits per heavy atom. The number of hydrogen-bond acceptors (Lipinski definition) is 4. The van der Waals surface area contributed by atoms with Gasteiger partial charge >= 0.3 is 0 Å². The summed E-state index contributed by atoms with van der Waals surface area (Å²) in [5.74, 6) is 1.59. The molecule has 0 aliphatic carbocycles. The fourth-order valence-corrected chi connectivity index (χ4v) is 3.55. The number of halogens is 1. The summed E-state index contributed by atoms with van der Waals surface area (Å²) in [5, 5.41) is 0.566. The van der Waals surface area contributed by atoms with Crippen LogP contribution >= 0.6 is 11.6 Å². The van der Waals surface area contributed by atoms with E-state index in [0.29, 0.717) is 46.1 Å². The number of rotatable bonds is 3. The van der Waals surface area contributed by atoms with Gasteiger partial charge in [-0.25, -0.2) is 0 Å². The van der Waals surface area contributed by atoms with E-state index in [0.717, 1.165) is 5.56 Å². The van der Waals surface area contributed by atoms with Crippen LogP contribution in [0.15, 0.2) is 41.3 Å². The second-order valence-electron chi connectivity index (χ2n) is 4.64. The second-order valence-corrected chi connectivity index (χ2v) is 6.53. The smallest absolute Gasteiger partial charge is 0.163 e. The van der Waals surface area contributed by atoms with Gasteiger partial charge in [0.05, 0.1) is 16.6 Å². The summed E-state index contributed by atoms with van der Waals surface area (Å²) in [6, 6.07) is 10.5. The van der Waals surface area contributed by atoms with E-state index in [1.807, 2.05) is 0 Å². The summed E-state index contributed by atoms with van der Waals surface area (Å²) >= 11 is 5.92. The zero-order valence-corrected chi connectivity index (χ0v) is 12.7. The fraction of sp³-hybridized carbons (Fsp3) is 0.200. The first kappa shape index (κ1) is 14.2. The largest absolute Gasteiger partial charge is 0.486 e. The van der Waals surface area contributed by atoms with Gasteiger partial charge in [0.2, 0.25) is 0 Å². The molecule has 0 saturated carbocycles. The van der Waals surface area contributed by atoms with Crippen molar-refractivity contribution in [2.45, 2.75) is 10.6 Å². The minimum Gasteiger partial charge on any atom is -0.486 e. The number of anilines is 1. The molecule has 0 aromatic heterocycles. The predicted octanol–water partition coefficient (Wildman–Crippen LogP) is 3.00. The van der Waals surface area contributed by atoms with Gasteiger partial charge in [0.1, 0.15) is 13.2 Å². The van der Waals surface area contributed by atoms with E-state index >= 15 is 0 Å². The van der Waals surface area contributed by atoms with E-state index in [-0.39, 0.29) is 0 Å². The highest BCUT2D eigenvalue weighted by atomic mass is 35.5. The average Bonchev–Trinajstić information content (AvgIpc) is 2.48. The Bertz CT molecular complexity index is 705. The van der Waals surface area contributed by atoms with Gasteiger partial charge in [-0.3, -0.25) is 4.21 Å². The van der Waals surface area contributed by atoms with E-state index in [1.165, 1.54) is 0 Å². The van der Waals surface area contributed by atoms with Crippen LogP contribution < -0.4 is 15.2 Å². The third-order valence-corrected chi connectivity index (χ3v) is 4.74. The monoisotopic (exact) mass is 323 g/mol. The van der Waals surface area contributed by atoms with Crippen LogP contribution in [0.25, 0.3) is 0 Å². The van der Waals surface area contributed by atoms with Gasteiger partial charge in [0.15, 0.2) is 11.5 Å². The number of fused-ring (bicyclic) bond motifs is 1. The fourth-order valence-electron chi connectivity index (χ4n) is 2.10. The Balaban J connectivity index is 1.86. The summed E-state index contributed by atoms with van der Waals surface area (Å²) in [6.45, 7) is 1.02. The first-order valence-electron chi connectivity index (χ1n) is 6.45. The van der Waals surface area contributed by atoms with Crippen molar-refractivity contribution in [3.63, 3.8) is 0 Å². The van der Waals surface area contributed by atoms with Crippen LogP contribution in [0, 0.1) is 0 Å². The molecule has 0 spiro atoms. The Kier molecular flexibility index (Phi) is 4.03. The van der Waals surface area contributed by atoms with Gasteiger partial charge < -0.3 is 15.2 Å². The molecular formula is C15H14ClNO3S. The molecular weight excluding hydrogens is 310 g/mol. The highest BCUT2D eigenvalue weighted by Gasteiger charge is 2.16. The molecule has 0 saturated heterocycles. The van der Waals surface area contributed by atoms with Crippen LogP contribution in [0.2, 0.25) is 5.02 Å². The lowest BCUT2D eigenvalue weighted by atomic mass is 10.2. The van der Waals surface area contributed by atoms with Crippen molar-refractivity contribution < 1.29 is 13.7 Å². The molecule has 0 radical (unpaired) electrons. The number of benzene rings is 2. The van der Waals surface area contributed by atoms with Gasteiger partial charge in [-0.2, -0.15) is 0 Å². The summed E-state index contributed by atoms with van der Waals surface area (Å²) in [5.41, 5.74) is 7.33. The average molecular weight is 324 g/mol. The SMILES string of the molecule is Nc1cc2c(cc1CS(=O)c1cccc(Cl)c1)OCCO2. The minimum absolute atomic E-state index is 0.308. The number of hydrogen-bond donors (Lipinski definition) is 1. The van der Waals surface area contributed by atoms with Crippen LogP contribution in [-0.2, 0) is 16.6 Å². The number of nitrogen functional groups attached to an aromatic ring is 1. The van der Waals surface area contributed by atoms with Gasteiger partial charge in [-0.15, -0.1) is 0 Å². The van der Waals surface area contributed by atoms with Crippen LogP contribution in [-0.4, -0.2) is 17.4 Å². The van der Waals surface area contributed by atoms with Gasteiger partial charge in [0.25, 0.3) is 0 Å². The topological polar surface area (TPSA) is 61.6 Å². The molecule has 2 aromatic carbocycles. The Morgan fingerprint density at radius 2 is 1.86 bits per heavy atom. The molecule has 4 nitrogen and oxygen atoms in total. The molecule has 1 aliphatic heterocycles. The number of ether oxygens (including phenoxy) is 2. The van der Waals surface area contributed by atoms with E-state index in [4.69, 9.17) is 26.8 Å². The van der Waals surface area contributed by atoms with Crippen LogP contribution in [0.3, 0.4) is 0 Å². The molecule has 21 heavy (non-hydrogen) atoms. The highest BCUT2D eigenvalue weighted by molar-refractivity contribution is 7.84. The zero-order chi connectivity index (χ0) is 14.8. The van der Waals surface area contributed by atoms with Gasteiger partial charge in [-0.1, -0.05) is 17.7 Å². The number of nitrogens with two attached hydrogens (primary N) is 1. The van der Waals surface area contributed by atoms with Crippen LogP contribution in [0.5, 0.6) is 11.5 Å². The lowest BCUT2D eigenvalue weighted by Crippen LogP contribution is -2.16. The maximum atomic E-state index is 12.4. The molecule has 2 aromatic rings. The summed E-state index contributed by atoms with van der Waals surface area (Å²) in [7, 11) is -1.22. The van der Waals surface area contributed by atoms with E-state index in [9.17, 15) is 4.21 Å². The molecule has 2 N–H and O–H groups in total. The van der Waals surface area contributed by atoms with Crippen LogP contribution in [0.4, 0.5) is 5.69 Å². The summed E-state index contributed by atoms with van der Waals surface area (Å²) in [4.78, 5) is 0.678. The highest BCUT2D eigenvalue weighted by Crippen LogP contribution is 2.35. The van der Waals surface area contributed by atoms with E-state index < -0.39 is 10.8 Å². The first-order valence-corrected chi connectivity index (χ1v) is 8.15. The minimum atomic E-state index is -1.22. The first-order chi connectivity index (χ1) is 10.1. The van der Waals surface area contributed by atoms with Crippen molar-refractivity contribution in [3.05, 3.63) is 47.0 Å². The zero-order valence-electron chi connectivity index (χ0n) is 11.2. The quantitative estimate of drug-likeness (QED) is 0.882. The molecule has 3 rings (SSSR count). The van der Waals surface area contributed by atoms with Crippen molar-refractivity contribution in [1.82, 2.24) is 0 Å². The Morgan fingerprint density at radius 1 is 1.14 bits per heavy atom. The predicted molar refractivity (Wildman–Crippen MR) is 83.4 cm³/mol. The summed E-state index contributed by atoms with van der Waals surface area (Å²) < 4.78 is 23.4. The normalized spacial score (nSPS) is 14.7. The second kappa shape index (κ2) is 5.95. The molecule has 0 amide bonds. The molecule has 0 fully saturated rings. The lowest BCUT2D eigenvalue weighted by Gasteiger charge is -2.20. The van der Waals surface area contributed by atoms with E-state index in [2.05, 4.69) is 0 Å². The Hall–Kier alpha value is -1.72. The van der Waals surface area contributed by atoms with Crippen molar-refractivity contribution in [3.8, 4) is 11.5 Å². The molecule has 0 bridgehead atoms. The summed E-state index contributed by atoms with van der Waals surface area (Å²) in [6.07, 6.45) is 0. The van der Waals surface area contributed by atoms with Crippen LogP contribution in [0.1, 0.15) is 5.56 Å². The van der Waals surface area contributed by atoms with Gasteiger partial charge in [0, 0.05) is 21.7 Å². The standard InChI is InChI=1S/C15H14ClNO3S/c16-11-2-1-3-12(7-11)21(18)9-10-6-14-15(8-13(10)17)20-5-4-19-14/h1-3,6-8H,4-5,9,17H2. The third-order valence-electron chi connectivity index (χ3n) is 3.15. The van der Waals surface area contributed by atoms with Gasteiger partial charge in [-0.05, 0) is 29.8 Å². The van der Waals surface area contributed by atoms with E-state index in [1.54, 1.807) is 36.4 Å². The third kappa shape index (κ3) is 3.14. The molecule has 1 aliphatic rings. The maximum absolute atomic E-state index is 12.4. The molecule has 1 unspecified atom stereocenters. The molecule has 1 atom stereocenters. The molecule has 110 valence electrons.